The minimum Gasteiger partial charge on any atom is -0.309 e. The average Bonchev–Trinajstić information content (AvgIpc) is 3.68. The van der Waals surface area contributed by atoms with Gasteiger partial charge in [-0.15, -0.1) is 0 Å². The molecule has 2 heteroatoms. The number of rotatable bonds is 4. The minimum absolute atomic E-state index is 0.0458. The van der Waals surface area contributed by atoms with E-state index < -0.39 is 0 Å². The summed E-state index contributed by atoms with van der Waals surface area (Å²) in [4.78, 5) is 0. The Hall–Kier alpha value is -5.86. The van der Waals surface area contributed by atoms with Gasteiger partial charge in [-0.25, -0.2) is 0 Å². The molecule has 0 aliphatic heterocycles. The second-order valence-corrected chi connectivity index (χ2v) is 16.2. The number of fused-ring (bicyclic) bond motifs is 6. The Morgan fingerprint density at radius 2 is 0.692 bits per heavy atom. The molecule has 0 spiro atoms. The predicted octanol–water partition coefficient (Wildman–Crippen LogP) is 13.8. The molecule has 0 amide bonds. The fourth-order valence-electron chi connectivity index (χ4n) is 8.22. The summed E-state index contributed by atoms with van der Waals surface area (Å²) in [6.45, 7) is 13.7. The lowest BCUT2D eigenvalue weighted by molar-refractivity contribution is 0.590. The van der Waals surface area contributed by atoms with Crippen LogP contribution in [0, 0.1) is 0 Å². The third kappa shape index (κ3) is 5.00. The minimum atomic E-state index is 0.0458. The zero-order chi connectivity index (χ0) is 35.8. The summed E-state index contributed by atoms with van der Waals surface area (Å²) in [6.07, 6.45) is 0. The van der Waals surface area contributed by atoms with Gasteiger partial charge in [0.15, 0.2) is 0 Å². The largest absolute Gasteiger partial charge is 0.309 e. The first kappa shape index (κ1) is 32.1. The highest BCUT2D eigenvalue weighted by Crippen LogP contribution is 2.52. The molecule has 52 heavy (non-hydrogen) atoms. The second-order valence-electron chi connectivity index (χ2n) is 16.2. The van der Waals surface area contributed by atoms with Crippen LogP contribution in [0.25, 0.3) is 77.2 Å². The number of nitrogens with zero attached hydrogens (tertiary/aromatic N) is 2. The van der Waals surface area contributed by atoms with Crippen LogP contribution in [-0.2, 0) is 10.8 Å². The van der Waals surface area contributed by atoms with Gasteiger partial charge >= 0.3 is 0 Å². The van der Waals surface area contributed by atoms with Crippen molar-refractivity contribution in [3.05, 3.63) is 169 Å². The van der Waals surface area contributed by atoms with E-state index in [1.165, 1.54) is 77.0 Å². The van der Waals surface area contributed by atoms with Crippen LogP contribution in [0.4, 0.5) is 0 Å². The quantitative estimate of drug-likeness (QED) is 0.176. The molecule has 0 saturated heterocycles. The Bertz CT molecular complexity index is 2610. The van der Waals surface area contributed by atoms with Gasteiger partial charge in [0.1, 0.15) is 0 Å². The number of aromatic nitrogens is 2. The molecule has 9 aromatic rings. The molecule has 0 aliphatic rings. The number of benzene rings is 7. The van der Waals surface area contributed by atoms with E-state index in [1.54, 1.807) is 0 Å². The summed E-state index contributed by atoms with van der Waals surface area (Å²) in [6, 6.07) is 58.5. The predicted molar refractivity (Wildman–Crippen MR) is 223 cm³/mol. The van der Waals surface area contributed by atoms with E-state index in [9.17, 15) is 0 Å². The summed E-state index contributed by atoms with van der Waals surface area (Å²) < 4.78 is 5.02. The van der Waals surface area contributed by atoms with Crippen LogP contribution < -0.4 is 0 Å². The first-order chi connectivity index (χ1) is 25.1. The molecule has 0 N–H and O–H groups in total. The van der Waals surface area contributed by atoms with Gasteiger partial charge in [-0.1, -0.05) is 163 Å². The Kier molecular flexibility index (Phi) is 7.31. The van der Waals surface area contributed by atoms with Crippen molar-refractivity contribution in [2.24, 2.45) is 0 Å². The highest BCUT2D eigenvalue weighted by molar-refractivity contribution is 6.33. The molecule has 0 saturated carbocycles. The van der Waals surface area contributed by atoms with Crippen molar-refractivity contribution in [3.63, 3.8) is 0 Å². The smallest absolute Gasteiger partial charge is 0.0647 e. The highest BCUT2D eigenvalue weighted by atomic mass is 15.0. The van der Waals surface area contributed by atoms with Crippen LogP contribution in [0.2, 0.25) is 0 Å². The molecular weight excluding hydrogens is 629 g/mol. The van der Waals surface area contributed by atoms with Gasteiger partial charge in [0.2, 0.25) is 0 Å². The Morgan fingerprint density at radius 3 is 1.08 bits per heavy atom. The third-order valence-electron chi connectivity index (χ3n) is 10.8. The van der Waals surface area contributed by atoms with Gasteiger partial charge < -0.3 is 9.13 Å². The van der Waals surface area contributed by atoms with E-state index in [1.807, 2.05) is 0 Å². The Balaban J connectivity index is 1.59. The molecule has 254 valence electrons. The van der Waals surface area contributed by atoms with Crippen molar-refractivity contribution < 1.29 is 0 Å². The molecule has 7 aromatic carbocycles. The standard InChI is InChI=1S/C50H44N2/c1-49(2,3)35-29-25-33(26-30-35)43-45-39-21-13-15-23-41(39)51(37-17-9-7-10-18-37)47(45)44(34-27-31-36(32-28-34)50(4,5)6)48-46(43)40-22-14-16-24-42(40)52(48)38-19-11-8-12-20-38/h7-32H,1-6H3. The fourth-order valence-corrected chi connectivity index (χ4v) is 8.22. The summed E-state index contributed by atoms with van der Waals surface area (Å²) in [5, 5.41) is 5.06. The van der Waals surface area contributed by atoms with E-state index in [-0.39, 0.29) is 10.8 Å². The molecule has 0 aliphatic carbocycles. The van der Waals surface area contributed by atoms with Crippen LogP contribution in [0.5, 0.6) is 0 Å². The lowest BCUT2D eigenvalue weighted by atomic mass is 9.84. The summed E-state index contributed by atoms with van der Waals surface area (Å²) in [7, 11) is 0. The zero-order valence-corrected chi connectivity index (χ0v) is 30.9. The maximum atomic E-state index is 2.51. The lowest BCUT2D eigenvalue weighted by Gasteiger charge is -2.22. The average molecular weight is 673 g/mol. The first-order valence-electron chi connectivity index (χ1n) is 18.5. The first-order valence-corrected chi connectivity index (χ1v) is 18.5. The van der Waals surface area contributed by atoms with Gasteiger partial charge in [-0.05, 0) is 69.5 Å². The van der Waals surface area contributed by atoms with Gasteiger partial charge in [0, 0.05) is 44.0 Å². The van der Waals surface area contributed by atoms with Gasteiger partial charge in [0.05, 0.1) is 22.1 Å². The van der Waals surface area contributed by atoms with Crippen LogP contribution in [0.3, 0.4) is 0 Å². The normalized spacial score (nSPS) is 12.4. The fraction of sp³-hybridized carbons (Fsp3) is 0.160. The van der Waals surface area contributed by atoms with Crippen molar-refractivity contribution in [2.45, 2.75) is 52.4 Å². The zero-order valence-electron chi connectivity index (χ0n) is 30.9. The molecular formula is C50H44N2. The van der Waals surface area contributed by atoms with Crippen molar-refractivity contribution in [1.82, 2.24) is 9.13 Å². The SMILES string of the molecule is CC(C)(C)c1ccc(-c2c3c4ccccc4n(-c4ccccc4)c3c(-c3ccc(C(C)(C)C)cc3)c3c2c2ccccc2n3-c2ccccc2)cc1. The van der Waals surface area contributed by atoms with Crippen LogP contribution in [0.1, 0.15) is 52.7 Å². The molecule has 2 heterocycles. The number of hydrogen-bond acceptors (Lipinski definition) is 0. The highest BCUT2D eigenvalue weighted by Gasteiger charge is 2.29. The monoisotopic (exact) mass is 672 g/mol. The number of hydrogen-bond donors (Lipinski definition) is 0. The molecule has 0 bridgehead atoms. The maximum Gasteiger partial charge on any atom is 0.0647 e. The van der Waals surface area contributed by atoms with Crippen molar-refractivity contribution in [2.75, 3.05) is 0 Å². The van der Waals surface area contributed by atoms with E-state index in [4.69, 9.17) is 0 Å². The molecule has 0 radical (unpaired) electrons. The maximum absolute atomic E-state index is 2.51. The molecule has 0 atom stereocenters. The van der Waals surface area contributed by atoms with E-state index in [0.29, 0.717) is 0 Å². The van der Waals surface area contributed by atoms with Crippen LogP contribution in [-0.4, -0.2) is 9.13 Å². The Labute approximate surface area is 306 Å². The Morgan fingerprint density at radius 1 is 0.346 bits per heavy atom. The van der Waals surface area contributed by atoms with Gasteiger partial charge in [0.25, 0.3) is 0 Å². The summed E-state index contributed by atoms with van der Waals surface area (Å²) >= 11 is 0. The molecule has 9 rings (SSSR count). The van der Waals surface area contributed by atoms with Crippen molar-refractivity contribution >= 4 is 43.6 Å². The van der Waals surface area contributed by atoms with Gasteiger partial charge in [-0.3, -0.25) is 0 Å². The lowest BCUT2D eigenvalue weighted by Crippen LogP contribution is -2.10. The molecule has 2 aromatic heterocycles. The van der Waals surface area contributed by atoms with Crippen LogP contribution >= 0.6 is 0 Å². The topological polar surface area (TPSA) is 9.86 Å². The molecule has 2 nitrogen and oxygen atoms in total. The van der Waals surface area contributed by atoms with Gasteiger partial charge in [-0.2, -0.15) is 0 Å². The van der Waals surface area contributed by atoms with Crippen molar-refractivity contribution in [1.29, 1.82) is 0 Å². The second kappa shape index (κ2) is 11.9. The van der Waals surface area contributed by atoms with Crippen LogP contribution in [0.15, 0.2) is 158 Å². The summed E-state index contributed by atoms with van der Waals surface area (Å²) in [5.74, 6) is 0. The van der Waals surface area contributed by atoms with E-state index in [2.05, 4.69) is 208 Å². The summed E-state index contributed by atoms with van der Waals surface area (Å²) in [5.41, 5.74) is 14.8. The number of para-hydroxylation sites is 4. The van der Waals surface area contributed by atoms with E-state index in [0.717, 1.165) is 11.4 Å². The molecule has 0 fully saturated rings. The third-order valence-corrected chi connectivity index (χ3v) is 10.8. The molecule has 0 unspecified atom stereocenters. The van der Waals surface area contributed by atoms with E-state index >= 15 is 0 Å². The van der Waals surface area contributed by atoms with Crippen molar-refractivity contribution in [3.8, 4) is 33.6 Å².